The van der Waals surface area contributed by atoms with Crippen LogP contribution >= 0.6 is 0 Å². The van der Waals surface area contributed by atoms with E-state index in [-0.39, 0.29) is 23.1 Å². The van der Waals surface area contributed by atoms with E-state index in [1.807, 2.05) is 25.2 Å². The van der Waals surface area contributed by atoms with Crippen LogP contribution in [0.4, 0.5) is 0 Å². The lowest BCUT2D eigenvalue weighted by Crippen LogP contribution is -2.40. The quantitative estimate of drug-likeness (QED) is 0.777. The zero-order chi connectivity index (χ0) is 20.6. The molecule has 1 N–H and O–H groups in total. The first kappa shape index (κ1) is 20.8. The van der Waals surface area contributed by atoms with Crippen molar-refractivity contribution in [2.24, 2.45) is 5.92 Å². The van der Waals surface area contributed by atoms with Gasteiger partial charge in [-0.25, -0.2) is 0 Å². The highest BCUT2D eigenvalue weighted by atomic mass is 16.3. The van der Waals surface area contributed by atoms with E-state index in [0.717, 1.165) is 31.4 Å². The second kappa shape index (κ2) is 10.0. The van der Waals surface area contributed by atoms with Crippen molar-refractivity contribution >= 4 is 11.8 Å². The van der Waals surface area contributed by atoms with E-state index in [2.05, 4.69) is 9.97 Å². The molecule has 1 aliphatic rings. The fraction of sp³-hybridized carbons (Fsp3) is 0.455. The number of amides is 2. The largest absolute Gasteiger partial charge is 0.505 e. The number of nitrogens with zero attached hydrogens (tertiary/aromatic N) is 4. The molecule has 1 aliphatic heterocycles. The van der Waals surface area contributed by atoms with Gasteiger partial charge in [0.05, 0.1) is 11.8 Å². The zero-order valence-corrected chi connectivity index (χ0v) is 16.8. The lowest BCUT2D eigenvalue weighted by molar-refractivity contribution is -0.130. The number of hydrogen-bond acceptors (Lipinski definition) is 5. The van der Waals surface area contributed by atoms with Crippen molar-refractivity contribution in [2.75, 3.05) is 26.7 Å². The summed E-state index contributed by atoms with van der Waals surface area (Å²) in [6.07, 6.45) is 8.46. The van der Waals surface area contributed by atoms with Crippen molar-refractivity contribution in [1.29, 1.82) is 0 Å². The molecule has 2 amide bonds. The monoisotopic (exact) mass is 396 g/mol. The topological polar surface area (TPSA) is 86.6 Å². The minimum atomic E-state index is -0.173. The summed E-state index contributed by atoms with van der Waals surface area (Å²) in [7, 11) is 1.83. The normalized spacial score (nSPS) is 16.4. The molecule has 3 rings (SSSR count). The summed E-state index contributed by atoms with van der Waals surface area (Å²) in [4.78, 5) is 36.8. The van der Waals surface area contributed by atoms with E-state index in [0.29, 0.717) is 32.0 Å². The molecule has 0 bridgehead atoms. The minimum absolute atomic E-state index is 0.0932. The van der Waals surface area contributed by atoms with Gasteiger partial charge >= 0.3 is 0 Å². The Hall–Kier alpha value is -2.96. The fourth-order valence-electron chi connectivity index (χ4n) is 3.69. The number of pyridine rings is 2. The molecule has 1 atom stereocenters. The lowest BCUT2D eigenvalue weighted by atomic mass is 9.92. The second-order valence-corrected chi connectivity index (χ2v) is 7.58. The maximum absolute atomic E-state index is 12.7. The molecule has 0 unspecified atom stereocenters. The minimum Gasteiger partial charge on any atom is -0.505 e. The van der Waals surface area contributed by atoms with Gasteiger partial charge in [0, 0.05) is 57.6 Å². The third-order valence-corrected chi connectivity index (χ3v) is 5.46. The van der Waals surface area contributed by atoms with Crippen LogP contribution < -0.4 is 0 Å². The maximum Gasteiger partial charge on any atom is 0.257 e. The number of rotatable bonds is 7. The van der Waals surface area contributed by atoms with Gasteiger partial charge in [0.25, 0.3) is 5.91 Å². The van der Waals surface area contributed by atoms with Crippen molar-refractivity contribution in [3.63, 3.8) is 0 Å². The maximum atomic E-state index is 12.7. The van der Waals surface area contributed by atoms with Gasteiger partial charge in [-0.1, -0.05) is 6.07 Å². The van der Waals surface area contributed by atoms with Crippen LogP contribution in [0.15, 0.2) is 42.9 Å². The van der Waals surface area contributed by atoms with Crippen LogP contribution in [0.2, 0.25) is 0 Å². The Morgan fingerprint density at radius 2 is 2.14 bits per heavy atom. The molecule has 7 heteroatoms. The zero-order valence-electron chi connectivity index (χ0n) is 16.8. The molecule has 0 saturated carbocycles. The van der Waals surface area contributed by atoms with Gasteiger partial charge in [0.1, 0.15) is 5.75 Å². The molecule has 154 valence electrons. The Bertz CT molecular complexity index is 828. The Kier molecular flexibility index (Phi) is 7.16. The first-order valence-electron chi connectivity index (χ1n) is 10.1. The van der Waals surface area contributed by atoms with E-state index < -0.39 is 0 Å². The summed E-state index contributed by atoms with van der Waals surface area (Å²) in [6.45, 7) is 1.94. The Labute approximate surface area is 171 Å². The molecule has 0 aromatic carbocycles. The number of aromatic hydroxyl groups is 1. The third kappa shape index (κ3) is 5.76. The van der Waals surface area contributed by atoms with Crippen molar-refractivity contribution in [3.05, 3.63) is 54.1 Å². The van der Waals surface area contributed by atoms with E-state index in [1.54, 1.807) is 22.1 Å². The van der Waals surface area contributed by atoms with Gasteiger partial charge in [0.15, 0.2) is 0 Å². The molecule has 0 aliphatic carbocycles. The average Bonchev–Trinajstić information content (AvgIpc) is 2.76. The molecule has 2 aromatic heterocycles. The summed E-state index contributed by atoms with van der Waals surface area (Å²) < 4.78 is 0. The van der Waals surface area contributed by atoms with E-state index in [4.69, 9.17) is 0 Å². The molecule has 1 fully saturated rings. The predicted octanol–water partition coefficient (Wildman–Crippen LogP) is 2.52. The summed E-state index contributed by atoms with van der Waals surface area (Å²) >= 11 is 0. The van der Waals surface area contributed by atoms with Crippen molar-refractivity contribution in [3.8, 4) is 5.75 Å². The number of likely N-dealkylation sites (N-methyl/N-ethyl adjacent to an activating group) is 1. The number of carbonyl (C=O) groups is 2. The molecular weight excluding hydrogens is 368 g/mol. The van der Waals surface area contributed by atoms with Gasteiger partial charge in [-0.2, -0.15) is 0 Å². The van der Waals surface area contributed by atoms with Crippen LogP contribution in [0.1, 0.15) is 41.7 Å². The fourth-order valence-corrected chi connectivity index (χ4v) is 3.69. The number of piperidine rings is 1. The molecule has 29 heavy (non-hydrogen) atoms. The van der Waals surface area contributed by atoms with Gasteiger partial charge in [-0.05, 0) is 43.4 Å². The molecule has 0 spiro atoms. The second-order valence-electron chi connectivity index (χ2n) is 7.58. The number of carbonyl (C=O) groups excluding carboxylic acids is 2. The number of hydrogen-bond donors (Lipinski definition) is 1. The Morgan fingerprint density at radius 1 is 1.28 bits per heavy atom. The van der Waals surface area contributed by atoms with Crippen LogP contribution in [0.5, 0.6) is 5.75 Å². The van der Waals surface area contributed by atoms with E-state index in [9.17, 15) is 14.7 Å². The Morgan fingerprint density at radius 3 is 2.90 bits per heavy atom. The summed E-state index contributed by atoms with van der Waals surface area (Å²) in [6, 6.07) is 7.34. The first-order chi connectivity index (χ1) is 14.0. The Balaban J connectivity index is 1.46. The van der Waals surface area contributed by atoms with Gasteiger partial charge < -0.3 is 14.9 Å². The average molecular weight is 396 g/mol. The molecule has 7 nitrogen and oxygen atoms in total. The summed E-state index contributed by atoms with van der Waals surface area (Å²) in [5.41, 5.74) is 1.26. The van der Waals surface area contributed by atoms with Crippen LogP contribution in [0.3, 0.4) is 0 Å². The predicted molar refractivity (Wildman–Crippen MR) is 109 cm³/mol. The van der Waals surface area contributed by atoms with Gasteiger partial charge in [-0.3, -0.25) is 19.6 Å². The molecular formula is C22H28N4O3. The van der Waals surface area contributed by atoms with Crippen molar-refractivity contribution < 1.29 is 14.7 Å². The van der Waals surface area contributed by atoms with E-state index >= 15 is 0 Å². The molecule has 2 aromatic rings. The molecule has 3 heterocycles. The SMILES string of the molecule is CN(CCc1ccccn1)C(=O)CC[C@@H]1CCCN(C(=O)c2ccncc2O)C1. The molecule has 0 radical (unpaired) electrons. The van der Waals surface area contributed by atoms with Crippen LogP contribution in [-0.2, 0) is 11.2 Å². The van der Waals surface area contributed by atoms with Crippen LogP contribution in [0.25, 0.3) is 0 Å². The first-order valence-corrected chi connectivity index (χ1v) is 10.1. The standard InChI is InChI=1S/C22H28N4O3/c1-25(14-10-18-6-2-3-11-24-18)21(28)8-7-17-5-4-13-26(16-17)22(29)19-9-12-23-15-20(19)27/h2-3,6,9,11-12,15,17,27H,4-5,7-8,10,13-14,16H2,1H3/t17-/m0/s1. The third-order valence-electron chi connectivity index (χ3n) is 5.46. The number of aromatic nitrogens is 2. The molecule has 1 saturated heterocycles. The highest BCUT2D eigenvalue weighted by Gasteiger charge is 2.26. The van der Waals surface area contributed by atoms with Crippen LogP contribution in [0, 0.1) is 5.92 Å². The van der Waals surface area contributed by atoms with Crippen LogP contribution in [-0.4, -0.2) is 63.4 Å². The summed E-state index contributed by atoms with van der Waals surface area (Å²) in [5, 5.41) is 9.88. The van der Waals surface area contributed by atoms with E-state index in [1.165, 1.54) is 12.4 Å². The highest BCUT2D eigenvalue weighted by molar-refractivity contribution is 5.96. The van der Waals surface area contributed by atoms with Gasteiger partial charge in [0.2, 0.25) is 5.91 Å². The lowest BCUT2D eigenvalue weighted by Gasteiger charge is -2.33. The summed E-state index contributed by atoms with van der Waals surface area (Å²) in [5.74, 6) is 0.152. The van der Waals surface area contributed by atoms with Gasteiger partial charge in [-0.15, -0.1) is 0 Å². The smallest absolute Gasteiger partial charge is 0.257 e. The van der Waals surface area contributed by atoms with Crippen molar-refractivity contribution in [2.45, 2.75) is 32.1 Å². The number of likely N-dealkylation sites (tertiary alicyclic amines) is 1. The van der Waals surface area contributed by atoms with Crippen molar-refractivity contribution in [1.82, 2.24) is 19.8 Å². The highest BCUT2D eigenvalue weighted by Crippen LogP contribution is 2.25.